The quantitative estimate of drug-likeness (QED) is 0.806. The molecule has 2 saturated heterocycles. The molecule has 5 nitrogen and oxygen atoms in total. The van der Waals surface area contributed by atoms with E-state index in [1.54, 1.807) is 0 Å². The highest BCUT2D eigenvalue weighted by molar-refractivity contribution is 5.94. The number of carbonyl (C=O) groups is 2. The maximum Gasteiger partial charge on any atom is 0.251 e. The van der Waals surface area contributed by atoms with Crippen LogP contribution >= 0.6 is 12.4 Å². The van der Waals surface area contributed by atoms with Gasteiger partial charge in [0.25, 0.3) is 5.91 Å². The topological polar surface area (TPSA) is 61.4 Å². The first-order valence-electron chi connectivity index (χ1n) is 10.1. The van der Waals surface area contributed by atoms with E-state index in [0.29, 0.717) is 30.5 Å². The van der Waals surface area contributed by atoms with Crippen molar-refractivity contribution < 1.29 is 14.0 Å². The summed E-state index contributed by atoms with van der Waals surface area (Å²) in [6.07, 6.45) is 6.08. The number of piperidine rings is 1. The Hall–Kier alpha value is -1.66. The van der Waals surface area contributed by atoms with Gasteiger partial charge in [-0.15, -0.1) is 12.4 Å². The molecule has 28 heavy (non-hydrogen) atoms. The molecule has 1 aromatic rings. The summed E-state index contributed by atoms with van der Waals surface area (Å²) in [4.78, 5) is 27.6. The number of nitrogens with zero attached hydrogens (tertiary/aromatic N) is 1. The zero-order valence-electron chi connectivity index (χ0n) is 16.1. The first kappa shape index (κ1) is 21.1. The Morgan fingerprint density at radius 1 is 1.11 bits per heavy atom. The summed E-state index contributed by atoms with van der Waals surface area (Å²) in [7, 11) is 0. The third-order valence-corrected chi connectivity index (χ3v) is 6.69. The van der Waals surface area contributed by atoms with Crippen LogP contribution in [0.25, 0.3) is 0 Å². The summed E-state index contributed by atoms with van der Waals surface area (Å²) in [5.74, 6) is 0.279. The van der Waals surface area contributed by atoms with E-state index in [4.69, 9.17) is 0 Å². The van der Waals surface area contributed by atoms with Crippen LogP contribution in [0.1, 0.15) is 48.9 Å². The number of halogens is 2. The van der Waals surface area contributed by atoms with Gasteiger partial charge in [0, 0.05) is 31.2 Å². The number of nitrogens with one attached hydrogen (secondary N) is 2. The molecule has 2 atom stereocenters. The van der Waals surface area contributed by atoms with Crippen molar-refractivity contribution in [3.05, 3.63) is 35.6 Å². The summed E-state index contributed by atoms with van der Waals surface area (Å²) < 4.78 is 13.0. The van der Waals surface area contributed by atoms with Gasteiger partial charge in [0.05, 0.1) is 5.41 Å². The standard InChI is InChI=1S/C21H28FN3O2.ClH/c22-17-6-4-15(5-7-17)19(26)24-18-8-11-25(12-9-18)20(27)21-10-2-1-3-16(21)13-23-14-21;/h4-7,16,18,23H,1-3,8-14H2,(H,24,26);1H/t16-,21+;/m0./s1. The molecule has 7 heteroatoms. The van der Waals surface area contributed by atoms with Crippen molar-refractivity contribution in [2.75, 3.05) is 26.2 Å². The number of likely N-dealkylation sites (tertiary alicyclic amines) is 1. The van der Waals surface area contributed by atoms with Gasteiger partial charge in [-0.1, -0.05) is 12.8 Å². The van der Waals surface area contributed by atoms with Gasteiger partial charge < -0.3 is 15.5 Å². The second kappa shape index (κ2) is 8.78. The van der Waals surface area contributed by atoms with Crippen molar-refractivity contribution in [1.29, 1.82) is 0 Å². The van der Waals surface area contributed by atoms with Gasteiger partial charge in [0.1, 0.15) is 5.82 Å². The molecule has 0 bridgehead atoms. The average molecular weight is 410 g/mol. The van der Waals surface area contributed by atoms with E-state index in [2.05, 4.69) is 10.6 Å². The van der Waals surface area contributed by atoms with Gasteiger partial charge in [0.15, 0.2) is 0 Å². The predicted molar refractivity (Wildman–Crippen MR) is 108 cm³/mol. The normalized spacial score (nSPS) is 27.6. The minimum atomic E-state index is -0.347. The van der Waals surface area contributed by atoms with Crippen LogP contribution in [0.4, 0.5) is 4.39 Å². The Balaban J connectivity index is 0.00000225. The molecular formula is C21H29ClFN3O2. The summed E-state index contributed by atoms with van der Waals surface area (Å²) in [5, 5.41) is 6.48. The largest absolute Gasteiger partial charge is 0.349 e. The van der Waals surface area contributed by atoms with Crippen LogP contribution in [0.15, 0.2) is 24.3 Å². The van der Waals surface area contributed by atoms with Crippen molar-refractivity contribution >= 4 is 24.2 Å². The van der Waals surface area contributed by atoms with Crippen molar-refractivity contribution in [2.45, 2.75) is 44.6 Å². The number of benzene rings is 1. The average Bonchev–Trinajstić information content (AvgIpc) is 3.14. The molecule has 2 amide bonds. The molecule has 1 aromatic carbocycles. The molecule has 154 valence electrons. The van der Waals surface area contributed by atoms with Gasteiger partial charge in [-0.3, -0.25) is 9.59 Å². The molecule has 0 aromatic heterocycles. The van der Waals surface area contributed by atoms with Gasteiger partial charge in [-0.2, -0.15) is 0 Å². The Morgan fingerprint density at radius 3 is 2.54 bits per heavy atom. The molecule has 2 N–H and O–H groups in total. The van der Waals surface area contributed by atoms with Crippen LogP contribution in [-0.4, -0.2) is 48.9 Å². The van der Waals surface area contributed by atoms with Gasteiger partial charge >= 0.3 is 0 Å². The second-order valence-electron chi connectivity index (χ2n) is 8.28. The molecule has 2 heterocycles. The van der Waals surface area contributed by atoms with E-state index in [0.717, 1.165) is 45.2 Å². The molecular weight excluding hydrogens is 381 g/mol. The Kier molecular flexibility index (Phi) is 6.61. The first-order valence-corrected chi connectivity index (χ1v) is 10.1. The highest BCUT2D eigenvalue weighted by atomic mass is 35.5. The van der Waals surface area contributed by atoms with E-state index < -0.39 is 0 Å². The van der Waals surface area contributed by atoms with Gasteiger partial charge in [0.2, 0.25) is 5.91 Å². The highest BCUT2D eigenvalue weighted by Gasteiger charge is 2.51. The lowest BCUT2D eigenvalue weighted by Gasteiger charge is -2.43. The molecule has 1 aliphatic carbocycles. The van der Waals surface area contributed by atoms with E-state index in [-0.39, 0.29) is 35.6 Å². The van der Waals surface area contributed by atoms with Crippen molar-refractivity contribution in [3.8, 4) is 0 Å². The number of hydrogen-bond acceptors (Lipinski definition) is 3. The van der Waals surface area contributed by atoms with Crippen LogP contribution < -0.4 is 10.6 Å². The van der Waals surface area contributed by atoms with Crippen molar-refractivity contribution in [1.82, 2.24) is 15.5 Å². The molecule has 0 spiro atoms. The number of rotatable bonds is 3. The van der Waals surface area contributed by atoms with Crippen LogP contribution in [0.3, 0.4) is 0 Å². The maximum atomic E-state index is 13.3. The zero-order valence-corrected chi connectivity index (χ0v) is 16.9. The highest BCUT2D eigenvalue weighted by Crippen LogP contribution is 2.45. The minimum absolute atomic E-state index is 0. The zero-order chi connectivity index (χ0) is 18.9. The van der Waals surface area contributed by atoms with Crippen LogP contribution in [0, 0.1) is 17.2 Å². The lowest BCUT2D eigenvalue weighted by Crippen LogP contribution is -2.54. The van der Waals surface area contributed by atoms with E-state index in [1.165, 1.54) is 30.7 Å². The van der Waals surface area contributed by atoms with Crippen molar-refractivity contribution in [2.24, 2.45) is 11.3 Å². The smallest absolute Gasteiger partial charge is 0.251 e. The van der Waals surface area contributed by atoms with Crippen LogP contribution in [0.5, 0.6) is 0 Å². The number of hydrogen-bond donors (Lipinski definition) is 2. The molecule has 2 aliphatic heterocycles. The fourth-order valence-electron chi connectivity index (χ4n) is 5.08. The number of carbonyl (C=O) groups excluding carboxylic acids is 2. The van der Waals surface area contributed by atoms with Gasteiger partial charge in [-0.25, -0.2) is 4.39 Å². The second-order valence-corrected chi connectivity index (χ2v) is 8.28. The number of fused-ring (bicyclic) bond motifs is 1. The molecule has 3 aliphatic rings. The predicted octanol–water partition coefficient (Wildman–Crippen LogP) is 2.75. The third-order valence-electron chi connectivity index (χ3n) is 6.69. The van der Waals surface area contributed by atoms with Crippen molar-refractivity contribution in [3.63, 3.8) is 0 Å². The van der Waals surface area contributed by atoms with Crippen LogP contribution in [-0.2, 0) is 4.79 Å². The molecule has 4 rings (SSSR count). The van der Waals surface area contributed by atoms with E-state index in [9.17, 15) is 14.0 Å². The third kappa shape index (κ3) is 4.03. The number of amides is 2. The lowest BCUT2D eigenvalue weighted by atomic mass is 9.67. The Morgan fingerprint density at radius 2 is 1.82 bits per heavy atom. The minimum Gasteiger partial charge on any atom is -0.349 e. The summed E-state index contributed by atoms with van der Waals surface area (Å²) >= 11 is 0. The monoisotopic (exact) mass is 409 g/mol. The Bertz CT molecular complexity index is 706. The fourth-order valence-corrected chi connectivity index (χ4v) is 5.08. The van der Waals surface area contributed by atoms with Crippen LogP contribution in [0.2, 0.25) is 0 Å². The summed E-state index contributed by atoms with van der Waals surface area (Å²) in [5.41, 5.74) is 0.276. The van der Waals surface area contributed by atoms with E-state index >= 15 is 0 Å². The SMILES string of the molecule is Cl.O=C(NC1CCN(C(=O)[C@@]23CCCC[C@H]2CNC3)CC1)c1ccc(F)cc1. The molecule has 0 radical (unpaired) electrons. The molecule has 3 fully saturated rings. The van der Waals surface area contributed by atoms with Gasteiger partial charge in [-0.05, 0) is 62.4 Å². The molecule has 1 saturated carbocycles. The summed E-state index contributed by atoms with van der Waals surface area (Å²) in [6, 6.07) is 5.66. The van der Waals surface area contributed by atoms with E-state index in [1.807, 2.05) is 4.90 Å². The Labute approximate surface area is 171 Å². The maximum absolute atomic E-state index is 13.3. The first-order chi connectivity index (χ1) is 13.1. The summed E-state index contributed by atoms with van der Waals surface area (Å²) in [6.45, 7) is 3.18. The molecule has 0 unspecified atom stereocenters. The fraction of sp³-hybridized carbons (Fsp3) is 0.619. The lowest BCUT2D eigenvalue weighted by molar-refractivity contribution is -0.146.